The molecule has 0 aliphatic carbocycles. The van der Waals surface area contributed by atoms with Crippen molar-refractivity contribution in [3.8, 4) is 5.75 Å². The number of benzene rings is 2. The molecular weight excluding hydrogens is 375 g/mol. The van der Waals surface area contributed by atoms with Crippen LogP contribution in [-0.2, 0) is 9.59 Å². The van der Waals surface area contributed by atoms with Crippen molar-refractivity contribution in [3.63, 3.8) is 0 Å². The van der Waals surface area contributed by atoms with Gasteiger partial charge in [-0.15, -0.1) is 0 Å². The van der Waals surface area contributed by atoms with Crippen molar-refractivity contribution in [2.24, 2.45) is 0 Å². The zero-order chi connectivity index (χ0) is 19.3. The van der Waals surface area contributed by atoms with Crippen molar-refractivity contribution in [1.82, 2.24) is 5.32 Å². The van der Waals surface area contributed by atoms with Crippen LogP contribution in [0.15, 0.2) is 30.3 Å². The van der Waals surface area contributed by atoms with E-state index >= 15 is 0 Å². The molecule has 0 heterocycles. The van der Waals surface area contributed by atoms with Gasteiger partial charge in [0.2, 0.25) is 5.91 Å². The normalized spacial score (nSPS) is 10.3. The number of hydrogen-bond acceptors (Lipinski definition) is 3. The zero-order valence-corrected chi connectivity index (χ0v) is 16.3. The maximum Gasteiger partial charge on any atom is 0.258 e. The van der Waals surface area contributed by atoms with Crippen LogP contribution < -0.4 is 15.4 Å². The molecule has 5 nitrogen and oxygen atoms in total. The molecule has 0 saturated carbocycles. The first-order valence-corrected chi connectivity index (χ1v) is 8.74. The molecule has 7 heteroatoms. The van der Waals surface area contributed by atoms with Gasteiger partial charge in [-0.2, -0.15) is 0 Å². The highest BCUT2D eigenvalue weighted by molar-refractivity contribution is 6.42. The lowest BCUT2D eigenvalue weighted by Gasteiger charge is -2.13. The summed E-state index contributed by atoms with van der Waals surface area (Å²) in [4.78, 5) is 23.9. The quantitative estimate of drug-likeness (QED) is 0.776. The van der Waals surface area contributed by atoms with Gasteiger partial charge in [-0.25, -0.2) is 0 Å². The lowest BCUT2D eigenvalue weighted by molar-refractivity contribution is -0.125. The Labute approximate surface area is 162 Å². The number of hydrogen-bond donors (Lipinski definition) is 2. The molecule has 2 rings (SSSR count). The molecule has 0 spiro atoms. The maximum absolute atomic E-state index is 12.1. The molecule has 2 aromatic rings. The largest absolute Gasteiger partial charge is 0.484 e. The first kappa shape index (κ1) is 20.1. The molecule has 0 fully saturated rings. The summed E-state index contributed by atoms with van der Waals surface area (Å²) < 4.78 is 5.32. The monoisotopic (exact) mass is 394 g/mol. The predicted octanol–water partition coefficient (Wildman–Crippen LogP) is 4.05. The van der Waals surface area contributed by atoms with Gasteiger partial charge in [-0.1, -0.05) is 40.9 Å². The van der Waals surface area contributed by atoms with E-state index in [0.717, 1.165) is 22.4 Å². The molecule has 26 heavy (non-hydrogen) atoms. The number of carbonyl (C=O) groups excluding carboxylic acids is 2. The molecule has 0 aliphatic rings. The molecule has 2 aromatic carbocycles. The van der Waals surface area contributed by atoms with E-state index in [1.54, 1.807) is 12.1 Å². The summed E-state index contributed by atoms with van der Waals surface area (Å²) >= 11 is 11.7. The van der Waals surface area contributed by atoms with Crippen LogP contribution in [0.3, 0.4) is 0 Å². The third kappa shape index (κ3) is 5.64. The second-order valence-electron chi connectivity index (χ2n) is 5.96. The van der Waals surface area contributed by atoms with Crippen molar-refractivity contribution in [3.05, 3.63) is 57.1 Å². The minimum absolute atomic E-state index is 0.143. The summed E-state index contributed by atoms with van der Waals surface area (Å²) in [6.45, 7) is 5.49. The molecule has 0 radical (unpaired) electrons. The number of ether oxygens (including phenoxy) is 1. The second-order valence-corrected chi connectivity index (χ2v) is 6.78. The summed E-state index contributed by atoms with van der Waals surface area (Å²) in [5.41, 5.74) is 3.85. The third-order valence-corrected chi connectivity index (χ3v) is 4.39. The molecule has 138 valence electrons. The van der Waals surface area contributed by atoms with Gasteiger partial charge < -0.3 is 15.4 Å². The lowest BCUT2D eigenvalue weighted by Crippen LogP contribution is -2.36. The number of nitrogens with one attached hydrogen (secondary N) is 2. The molecule has 0 unspecified atom stereocenters. The van der Waals surface area contributed by atoms with E-state index in [-0.39, 0.29) is 19.1 Å². The second kappa shape index (κ2) is 8.92. The Hall–Kier alpha value is -2.24. The third-order valence-electron chi connectivity index (χ3n) is 3.65. The van der Waals surface area contributed by atoms with Crippen LogP contribution in [0.1, 0.15) is 16.7 Å². The number of amides is 2. The molecule has 0 aromatic heterocycles. The minimum Gasteiger partial charge on any atom is -0.484 e. The summed E-state index contributed by atoms with van der Waals surface area (Å²) in [5.74, 6) is -0.295. The Morgan fingerprint density at radius 2 is 1.62 bits per heavy atom. The Morgan fingerprint density at radius 3 is 2.23 bits per heavy atom. The fourth-order valence-corrected chi connectivity index (χ4v) is 2.79. The average Bonchev–Trinajstić information content (AvgIpc) is 2.57. The van der Waals surface area contributed by atoms with Crippen LogP contribution in [-0.4, -0.2) is 25.0 Å². The van der Waals surface area contributed by atoms with Crippen LogP contribution in [0.25, 0.3) is 0 Å². The highest BCUT2D eigenvalue weighted by Crippen LogP contribution is 2.26. The highest BCUT2D eigenvalue weighted by Gasteiger charge is 2.10. The number of aryl methyl sites for hydroxylation is 3. The van der Waals surface area contributed by atoms with Crippen LogP contribution in [0.4, 0.5) is 5.69 Å². The van der Waals surface area contributed by atoms with E-state index in [4.69, 9.17) is 27.9 Å². The molecule has 2 N–H and O–H groups in total. The molecule has 2 amide bonds. The number of rotatable bonds is 6. The van der Waals surface area contributed by atoms with Crippen molar-refractivity contribution < 1.29 is 14.3 Å². The minimum atomic E-state index is -0.413. The average molecular weight is 395 g/mol. The smallest absolute Gasteiger partial charge is 0.258 e. The van der Waals surface area contributed by atoms with Gasteiger partial charge >= 0.3 is 0 Å². The summed E-state index contributed by atoms with van der Waals surface area (Å²) in [7, 11) is 0. The van der Waals surface area contributed by atoms with Gasteiger partial charge in [0.1, 0.15) is 5.75 Å². The SMILES string of the molecule is Cc1cc(C)c(NC(=O)CNC(=O)COc2ccc(Cl)c(Cl)c2)c(C)c1. The van der Waals surface area contributed by atoms with Gasteiger partial charge in [0, 0.05) is 11.8 Å². The lowest BCUT2D eigenvalue weighted by atomic mass is 10.1. The summed E-state index contributed by atoms with van der Waals surface area (Å²) in [5, 5.41) is 6.08. The van der Waals surface area contributed by atoms with Crippen LogP contribution in [0, 0.1) is 20.8 Å². The fraction of sp³-hybridized carbons (Fsp3) is 0.263. The maximum atomic E-state index is 12.1. The van der Waals surface area contributed by atoms with E-state index in [9.17, 15) is 9.59 Å². The highest BCUT2D eigenvalue weighted by atomic mass is 35.5. The van der Waals surface area contributed by atoms with Gasteiger partial charge in [-0.05, 0) is 44.0 Å². The van der Waals surface area contributed by atoms with E-state index < -0.39 is 5.91 Å². The van der Waals surface area contributed by atoms with Crippen molar-refractivity contribution >= 4 is 40.7 Å². The number of anilines is 1. The zero-order valence-electron chi connectivity index (χ0n) is 14.8. The van der Waals surface area contributed by atoms with Gasteiger partial charge in [0.15, 0.2) is 6.61 Å². The molecule has 0 bridgehead atoms. The Bertz CT molecular complexity index is 815. The van der Waals surface area contributed by atoms with E-state index in [0.29, 0.717) is 15.8 Å². The Kier molecular flexibility index (Phi) is 6.89. The molecule has 0 saturated heterocycles. The van der Waals surface area contributed by atoms with Gasteiger partial charge in [-0.3, -0.25) is 9.59 Å². The van der Waals surface area contributed by atoms with Crippen molar-refractivity contribution in [1.29, 1.82) is 0 Å². The van der Waals surface area contributed by atoms with Crippen molar-refractivity contribution in [2.75, 3.05) is 18.5 Å². The molecular formula is C19H20Cl2N2O3. The van der Waals surface area contributed by atoms with Crippen molar-refractivity contribution in [2.45, 2.75) is 20.8 Å². The molecule has 0 atom stereocenters. The van der Waals surface area contributed by atoms with Gasteiger partial charge in [0.05, 0.1) is 16.6 Å². The summed E-state index contributed by atoms with van der Waals surface area (Å²) in [6.07, 6.45) is 0. The van der Waals surface area contributed by atoms with Gasteiger partial charge in [0.25, 0.3) is 5.91 Å². The predicted molar refractivity (Wildman–Crippen MR) is 104 cm³/mol. The van der Waals surface area contributed by atoms with E-state index in [1.165, 1.54) is 6.07 Å². The summed E-state index contributed by atoms with van der Waals surface area (Å²) in [6, 6.07) is 8.69. The first-order valence-electron chi connectivity index (χ1n) is 7.98. The topological polar surface area (TPSA) is 67.4 Å². The fourth-order valence-electron chi connectivity index (χ4n) is 2.51. The Balaban J connectivity index is 1.81. The first-order chi connectivity index (χ1) is 12.3. The van der Waals surface area contributed by atoms with E-state index in [2.05, 4.69) is 10.6 Å². The van der Waals surface area contributed by atoms with Crippen LogP contribution in [0.2, 0.25) is 10.0 Å². The van der Waals surface area contributed by atoms with Crippen LogP contribution in [0.5, 0.6) is 5.75 Å². The van der Waals surface area contributed by atoms with Crippen LogP contribution >= 0.6 is 23.2 Å². The standard InChI is InChI=1S/C19H20Cl2N2O3/c1-11-6-12(2)19(13(3)7-11)23-17(24)9-22-18(25)10-26-14-4-5-15(20)16(21)8-14/h4-8H,9-10H2,1-3H3,(H,22,25)(H,23,24). The Morgan fingerprint density at radius 1 is 0.962 bits per heavy atom. The van der Waals surface area contributed by atoms with E-state index in [1.807, 2.05) is 32.9 Å². The molecule has 0 aliphatic heterocycles. The number of carbonyl (C=O) groups is 2. The number of halogens is 2.